The number of sulfone groups is 1. The molecular formula is C11H16O2S. The molecule has 2 nitrogen and oxygen atoms in total. The molecule has 78 valence electrons. The summed E-state index contributed by atoms with van der Waals surface area (Å²) in [4.78, 5) is 0.423. The molecule has 0 radical (unpaired) electrons. The van der Waals surface area contributed by atoms with Crippen LogP contribution in [0.25, 0.3) is 0 Å². The van der Waals surface area contributed by atoms with Crippen molar-refractivity contribution in [1.82, 2.24) is 0 Å². The van der Waals surface area contributed by atoms with Gasteiger partial charge >= 0.3 is 0 Å². The van der Waals surface area contributed by atoms with Gasteiger partial charge in [0, 0.05) is 6.26 Å². The molecule has 3 heteroatoms. The van der Waals surface area contributed by atoms with Crippen LogP contribution in [0.3, 0.4) is 0 Å². The third-order valence-electron chi connectivity index (χ3n) is 2.37. The predicted molar refractivity (Wildman–Crippen MR) is 58.3 cm³/mol. The lowest BCUT2D eigenvalue weighted by Gasteiger charge is -2.07. The first-order valence-corrected chi connectivity index (χ1v) is 6.70. The largest absolute Gasteiger partial charge is 0.224 e. The molecule has 0 aliphatic rings. The molecule has 0 aliphatic carbocycles. The Hall–Kier alpha value is -0.830. The minimum atomic E-state index is -3.06. The van der Waals surface area contributed by atoms with Gasteiger partial charge in [0.1, 0.15) is 0 Å². The van der Waals surface area contributed by atoms with Crippen molar-refractivity contribution in [1.29, 1.82) is 0 Å². The highest BCUT2D eigenvalue weighted by atomic mass is 32.2. The van der Waals surface area contributed by atoms with Crippen LogP contribution < -0.4 is 0 Å². The van der Waals surface area contributed by atoms with Gasteiger partial charge in [-0.05, 0) is 36.1 Å². The van der Waals surface area contributed by atoms with E-state index in [2.05, 4.69) is 6.92 Å². The van der Waals surface area contributed by atoms with E-state index in [4.69, 9.17) is 0 Å². The second kappa shape index (κ2) is 4.13. The van der Waals surface area contributed by atoms with E-state index in [-0.39, 0.29) is 0 Å². The summed E-state index contributed by atoms with van der Waals surface area (Å²) in [7, 11) is -3.06. The van der Waals surface area contributed by atoms with Crippen molar-refractivity contribution in [2.45, 2.75) is 31.6 Å². The van der Waals surface area contributed by atoms with Gasteiger partial charge in [-0.3, -0.25) is 0 Å². The predicted octanol–water partition coefficient (Wildman–Crippen LogP) is 2.21. The molecule has 0 spiro atoms. The molecule has 0 saturated heterocycles. The van der Waals surface area contributed by atoms with Crippen LogP contribution in [0.2, 0.25) is 0 Å². The second-order valence-corrected chi connectivity index (χ2v) is 5.43. The van der Waals surface area contributed by atoms with Crippen LogP contribution in [-0.4, -0.2) is 14.7 Å². The first kappa shape index (κ1) is 11.2. The molecule has 1 aromatic rings. The van der Waals surface area contributed by atoms with Gasteiger partial charge in [0.05, 0.1) is 4.90 Å². The lowest BCUT2D eigenvalue weighted by molar-refractivity contribution is 0.601. The Labute approximate surface area is 85.9 Å². The Kier molecular flexibility index (Phi) is 3.32. The normalized spacial score (nSPS) is 11.6. The van der Waals surface area contributed by atoms with Gasteiger partial charge < -0.3 is 0 Å². The Morgan fingerprint density at radius 1 is 1.07 bits per heavy atom. The number of hydrogen-bond donors (Lipinski definition) is 0. The van der Waals surface area contributed by atoms with E-state index in [1.165, 1.54) is 11.8 Å². The Morgan fingerprint density at radius 2 is 1.64 bits per heavy atom. The summed E-state index contributed by atoms with van der Waals surface area (Å²) in [6.07, 6.45) is 3.08. The molecule has 0 amide bonds. The summed E-state index contributed by atoms with van der Waals surface area (Å²) >= 11 is 0. The van der Waals surface area contributed by atoms with Crippen molar-refractivity contribution >= 4 is 9.84 Å². The fourth-order valence-corrected chi connectivity index (χ4v) is 2.18. The molecule has 0 atom stereocenters. The van der Waals surface area contributed by atoms with Gasteiger partial charge in [0.25, 0.3) is 0 Å². The molecular weight excluding hydrogens is 196 g/mol. The molecule has 0 N–H and O–H groups in total. The third-order valence-corrected chi connectivity index (χ3v) is 3.48. The van der Waals surface area contributed by atoms with Crippen LogP contribution >= 0.6 is 0 Å². The summed E-state index contributed by atoms with van der Waals surface area (Å²) in [5, 5.41) is 0. The lowest BCUT2D eigenvalue weighted by Crippen LogP contribution is -2.00. The monoisotopic (exact) mass is 212 g/mol. The van der Waals surface area contributed by atoms with Crippen LogP contribution in [0.1, 0.15) is 25.0 Å². The molecule has 0 unspecified atom stereocenters. The van der Waals surface area contributed by atoms with Crippen molar-refractivity contribution in [2.24, 2.45) is 0 Å². The fraction of sp³-hybridized carbons (Fsp3) is 0.455. The van der Waals surface area contributed by atoms with Crippen LogP contribution in [-0.2, 0) is 22.7 Å². The van der Waals surface area contributed by atoms with E-state index in [0.29, 0.717) is 4.90 Å². The number of hydrogen-bond acceptors (Lipinski definition) is 2. The third kappa shape index (κ3) is 2.35. The molecule has 0 saturated carbocycles. The fourth-order valence-electron chi connectivity index (χ4n) is 1.51. The molecule has 1 rings (SSSR count). The molecule has 0 bridgehead atoms. The Balaban J connectivity index is 3.28. The van der Waals surface area contributed by atoms with Gasteiger partial charge in [0.15, 0.2) is 9.84 Å². The average molecular weight is 212 g/mol. The van der Waals surface area contributed by atoms with Crippen molar-refractivity contribution in [2.75, 3.05) is 6.26 Å². The zero-order valence-electron chi connectivity index (χ0n) is 8.87. The first-order valence-electron chi connectivity index (χ1n) is 4.81. The number of benzene rings is 1. The molecule has 0 aliphatic heterocycles. The summed E-state index contributed by atoms with van der Waals surface area (Å²) in [6.45, 7) is 4.12. The van der Waals surface area contributed by atoms with Gasteiger partial charge in [-0.15, -0.1) is 0 Å². The number of aryl methyl sites for hydroxylation is 2. The summed E-state index contributed by atoms with van der Waals surface area (Å²) in [5.41, 5.74) is 2.37. The van der Waals surface area contributed by atoms with E-state index >= 15 is 0 Å². The lowest BCUT2D eigenvalue weighted by atomic mass is 10.0. The van der Waals surface area contributed by atoms with Gasteiger partial charge in [0.2, 0.25) is 0 Å². The maximum atomic E-state index is 11.3. The average Bonchev–Trinajstić information content (AvgIpc) is 2.15. The standard InChI is InChI=1S/C11H16O2S/c1-4-9-6-7-11(14(3,12)13)8-10(9)5-2/h6-8H,4-5H2,1-3H3. The van der Waals surface area contributed by atoms with Gasteiger partial charge in [-0.25, -0.2) is 8.42 Å². The highest BCUT2D eigenvalue weighted by Crippen LogP contribution is 2.17. The van der Waals surface area contributed by atoms with E-state index in [1.54, 1.807) is 12.1 Å². The Bertz CT molecular complexity index is 419. The van der Waals surface area contributed by atoms with Crippen LogP contribution in [0.4, 0.5) is 0 Å². The minimum Gasteiger partial charge on any atom is -0.224 e. The Morgan fingerprint density at radius 3 is 2.07 bits per heavy atom. The maximum absolute atomic E-state index is 11.3. The van der Waals surface area contributed by atoms with Gasteiger partial charge in [-0.1, -0.05) is 19.9 Å². The molecule has 0 heterocycles. The van der Waals surface area contributed by atoms with Crippen molar-refractivity contribution in [3.8, 4) is 0 Å². The van der Waals surface area contributed by atoms with Crippen LogP contribution in [0.5, 0.6) is 0 Å². The van der Waals surface area contributed by atoms with E-state index in [9.17, 15) is 8.42 Å². The second-order valence-electron chi connectivity index (χ2n) is 3.41. The molecule has 14 heavy (non-hydrogen) atoms. The SMILES string of the molecule is CCc1ccc(S(C)(=O)=O)cc1CC. The zero-order valence-corrected chi connectivity index (χ0v) is 9.69. The van der Waals surface area contributed by atoms with E-state index in [1.807, 2.05) is 13.0 Å². The topological polar surface area (TPSA) is 34.1 Å². The maximum Gasteiger partial charge on any atom is 0.175 e. The highest BCUT2D eigenvalue weighted by Gasteiger charge is 2.08. The van der Waals surface area contributed by atoms with Crippen molar-refractivity contribution in [3.05, 3.63) is 29.3 Å². The van der Waals surface area contributed by atoms with E-state index < -0.39 is 9.84 Å². The van der Waals surface area contributed by atoms with E-state index in [0.717, 1.165) is 18.4 Å². The van der Waals surface area contributed by atoms with Gasteiger partial charge in [-0.2, -0.15) is 0 Å². The summed E-state index contributed by atoms with van der Waals surface area (Å²) in [5.74, 6) is 0. The molecule has 1 aromatic carbocycles. The smallest absolute Gasteiger partial charge is 0.175 e. The summed E-state index contributed by atoms with van der Waals surface area (Å²) in [6, 6.07) is 5.39. The molecule has 0 aromatic heterocycles. The highest BCUT2D eigenvalue weighted by molar-refractivity contribution is 7.90. The quantitative estimate of drug-likeness (QED) is 0.770. The van der Waals surface area contributed by atoms with Crippen LogP contribution in [0.15, 0.2) is 23.1 Å². The first-order chi connectivity index (χ1) is 6.49. The van der Waals surface area contributed by atoms with Crippen molar-refractivity contribution < 1.29 is 8.42 Å². The zero-order chi connectivity index (χ0) is 10.8. The number of rotatable bonds is 3. The van der Waals surface area contributed by atoms with Crippen LogP contribution in [0, 0.1) is 0 Å². The molecule has 0 fully saturated rings. The summed E-state index contributed by atoms with van der Waals surface area (Å²) < 4.78 is 22.6. The minimum absolute atomic E-state index is 0.423. The van der Waals surface area contributed by atoms with Crippen molar-refractivity contribution in [3.63, 3.8) is 0 Å².